The molecule has 1 atom stereocenters. The summed E-state index contributed by atoms with van der Waals surface area (Å²) >= 11 is 0. The Balaban J connectivity index is 0.00000113. The van der Waals surface area contributed by atoms with Crippen LogP contribution in [0.2, 0.25) is 0 Å². The number of nitrogens with zero attached hydrogens (tertiary/aromatic N) is 1. The van der Waals surface area contributed by atoms with Crippen molar-refractivity contribution in [2.75, 3.05) is 6.61 Å². The second-order valence-corrected chi connectivity index (χ2v) is 6.36. The molecule has 1 aliphatic heterocycles. The van der Waals surface area contributed by atoms with Crippen LogP contribution in [-0.2, 0) is 5.54 Å². The Hall–Kier alpha value is -2.41. The molecule has 7 heteroatoms. The number of hydrogen-bond acceptors (Lipinski definition) is 4. The van der Waals surface area contributed by atoms with Crippen LogP contribution in [0.1, 0.15) is 44.6 Å². The zero-order valence-corrected chi connectivity index (χ0v) is 12.4. The molecule has 0 unspecified atom stereocenters. The Morgan fingerprint density at radius 1 is 1.57 bits per heavy atom. The minimum Gasteiger partial charge on any atom is -0.489 e. The van der Waals surface area contributed by atoms with E-state index in [2.05, 4.69) is 0 Å². The number of halogens is 1. The number of ether oxygens (including phenoxy) is 1. The van der Waals surface area contributed by atoms with Crippen LogP contribution in [0.5, 0.6) is 5.75 Å². The number of aromatic nitrogens is 1. The number of hydrogen-bond donors (Lipinski definition) is 2. The number of carboxylic acids is 1. The molecule has 23 heavy (non-hydrogen) atoms. The van der Waals surface area contributed by atoms with E-state index in [0.717, 1.165) is 6.07 Å². The monoisotopic (exact) mass is 322 g/mol. The van der Waals surface area contributed by atoms with Crippen LogP contribution in [0.25, 0.3) is 10.9 Å². The van der Waals surface area contributed by atoms with E-state index in [0.29, 0.717) is 18.4 Å². The minimum absolute atomic E-state index is 0. The average Bonchev–Trinajstić information content (AvgIpc) is 3.22. The van der Waals surface area contributed by atoms with Crippen LogP contribution < -0.4 is 15.9 Å². The third-order valence-corrected chi connectivity index (χ3v) is 4.68. The van der Waals surface area contributed by atoms with Gasteiger partial charge in [0.1, 0.15) is 18.0 Å². The highest BCUT2D eigenvalue weighted by molar-refractivity contribution is 5.95. The molecule has 1 saturated carbocycles. The number of carboxylic acid groups (broad SMARTS) is 1. The van der Waals surface area contributed by atoms with Gasteiger partial charge < -0.3 is 20.1 Å². The van der Waals surface area contributed by atoms with E-state index >= 15 is 0 Å². The van der Waals surface area contributed by atoms with Gasteiger partial charge in [-0.15, -0.1) is 0 Å². The lowest BCUT2D eigenvalue weighted by molar-refractivity contribution is 0.0694. The molecule has 1 aromatic heterocycles. The summed E-state index contributed by atoms with van der Waals surface area (Å²) in [5.74, 6) is -1.68. The van der Waals surface area contributed by atoms with Crippen molar-refractivity contribution in [1.29, 1.82) is 0 Å². The van der Waals surface area contributed by atoms with Gasteiger partial charge in [0.2, 0.25) is 5.43 Å². The quantitative estimate of drug-likeness (QED) is 0.884. The summed E-state index contributed by atoms with van der Waals surface area (Å²) in [6.07, 6.45) is 2.61. The van der Waals surface area contributed by atoms with Crippen LogP contribution in [-0.4, -0.2) is 22.2 Å². The maximum absolute atomic E-state index is 14.6. The maximum atomic E-state index is 14.6. The van der Waals surface area contributed by atoms with Gasteiger partial charge >= 0.3 is 5.97 Å². The van der Waals surface area contributed by atoms with Crippen molar-refractivity contribution in [2.45, 2.75) is 31.3 Å². The molecule has 3 N–H and O–H groups in total. The first-order chi connectivity index (χ1) is 10.8. The number of carbonyl (C=O) groups is 1. The molecule has 0 spiro atoms. The van der Waals surface area contributed by atoms with Crippen molar-refractivity contribution >= 4 is 16.9 Å². The van der Waals surface area contributed by atoms with Gasteiger partial charge in [-0.1, -0.05) is 0 Å². The summed E-state index contributed by atoms with van der Waals surface area (Å²) in [6, 6.07) is 0.920. The van der Waals surface area contributed by atoms with Crippen LogP contribution in [0, 0.1) is 5.82 Å². The van der Waals surface area contributed by atoms with Crippen molar-refractivity contribution < 1.29 is 21.9 Å². The SMILES string of the molecule is C[C@H]1COc2c(C3(N)CC3)c(F)cc3c(=O)c(C(=O)O)cn1c23.[HH].[HH]. The Bertz CT molecular complexity index is 940. The lowest BCUT2D eigenvalue weighted by Gasteiger charge is -2.29. The van der Waals surface area contributed by atoms with Gasteiger partial charge in [0.15, 0.2) is 5.75 Å². The summed E-state index contributed by atoms with van der Waals surface area (Å²) in [6.45, 7) is 2.10. The fraction of sp³-hybridized carbons (Fsp3) is 0.375. The van der Waals surface area contributed by atoms with Gasteiger partial charge in [0.25, 0.3) is 0 Å². The third kappa shape index (κ3) is 1.83. The summed E-state index contributed by atoms with van der Waals surface area (Å²) < 4.78 is 22.0. The Morgan fingerprint density at radius 3 is 2.87 bits per heavy atom. The van der Waals surface area contributed by atoms with Crippen LogP contribution in [0.4, 0.5) is 4.39 Å². The average molecular weight is 322 g/mol. The summed E-state index contributed by atoms with van der Waals surface area (Å²) in [5, 5.41) is 9.23. The number of rotatable bonds is 2. The van der Waals surface area contributed by atoms with E-state index in [-0.39, 0.29) is 37.8 Å². The molecular weight excluding hydrogens is 303 g/mol. The number of aromatic carboxylic acids is 1. The Labute approximate surface area is 133 Å². The highest BCUT2D eigenvalue weighted by atomic mass is 19.1. The smallest absolute Gasteiger partial charge is 0.341 e. The molecule has 1 aromatic carbocycles. The molecule has 0 radical (unpaired) electrons. The van der Waals surface area contributed by atoms with Gasteiger partial charge in [-0.3, -0.25) is 4.79 Å². The van der Waals surface area contributed by atoms with Gasteiger partial charge in [-0.25, -0.2) is 9.18 Å². The standard InChI is InChI=1S/C16H15FN2O4.2H2/c1-7-6-23-14-11(16(18)2-3-16)10(17)4-8-12(14)19(7)5-9(13(8)20)15(21)22;;/h4-5,7H,2-3,6,18H2,1H3,(H,21,22);2*1H/t7-;;/m0../s1. The summed E-state index contributed by atoms with van der Waals surface area (Å²) in [5.41, 5.74) is 5.02. The van der Waals surface area contributed by atoms with Gasteiger partial charge in [0.05, 0.1) is 22.5 Å². The lowest BCUT2D eigenvalue weighted by Crippen LogP contribution is -2.30. The normalized spacial score (nSPS) is 21.1. The van der Waals surface area contributed by atoms with Crippen molar-refractivity contribution in [3.05, 3.63) is 39.4 Å². The second kappa shape index (κ2) is 4.32. The van der Waals surface area contributed by atoms with Crippen molar-refractivity contribution in [3.8, 4) is 5.75 Å². The predicted molar refractivity (Wildman–Crippen MR) is 84.7 cm³/mol. The van der Waals surface area contributed by atoms with Crippen molar-refractivity contribution in [1.82, 2.24) is 4.57 Å². The summed E-state index contributed by atoms with van der Waals surface area (Å²) in [7, 11) is 0. The summed E-state index contributed by atoms with van der Waals surface area (Å²) in [4.78, 5) is 23.7. The minimum atomic E-state index is -1.33. The molecule has 2 aromatic rings. The molecule has 124 valence electrons. The number of pyridine rings is 1. The topological polar surface area (TPSA) is 94.6 Å². The molecule has 0 amide bonds. The molecule has 2 heterocycles. The van der Waals surface area contributed by atoms with Gasteiger partial charge in [-0.05, 0) is 25.8 Å². The molecular formula is C16H19FN2O4. The Morgan fingerprint density at radius 2 is 2.26 bits per heavy atom. The molecule has 1 aliphatic carbocycles. The molecule has 2 aliphatic rings. The van der Waals surface area contributed by atoms with E-state index in [9.17, 15) is 19.1 Å². The number of nitrogens with two attached hydrogens (primary N) is 1. The molecule has 0 saturated heterocycles. The van der Waals surface area contributed by atoms with E-state index in [1.807, 2.05) is 6.92 Å². The van der Waals surface area contributed by atoms with E-state index in [1.54, 1.807) is 4.57 Å². The molecule has 4 rings (SSSR count). The predicted octanol–water partition coefficient (Wildman–Crippen LogP) is 2.23. The highest BCUT2D eigenvalue weighted by Crippen LogP contribution is 2.50. The van der Waals surface area contributed by atoms with Gasteiger partial charge in [-0.2, -0.15) is 0 Å². The number of benzene rings is 1. The van der Waals surface area contributed by atoms with Crippen molar-refractivity contribution in [2.24, 2.45) is 5.73 Å². The van der Waals surface area contributed by atoms with Crippen molar-refractivity contribution in [3.63, 3.8) is 0 Å². The van der Waals surface area contributed by atoms with E-state index < -0.39 is 22.8 Å². The van der Waals surface area contributed by atoms with Crippen LogP contribution >= 0.6 is 0 Å². The van der Waals surface area contributed by atoms with E-state index in [4.69, 9.17) is 10.5 Å². The molecule has 1 fully saturated rings. The van der Waals surface area contributed by atoms with Crippen LogP contribution in [0.3, 0.4) is 0 Å². The third-order valence-electron chi connectivity index (χ3n) is 4.68. The first-order valence-electron chi connectivity index (χ1n) is 7.40. The van der Waals surface area contributed by atoms with E-state index in [1.165, 1.54) is 6.20 Å². The zero-order valence-electron chi connectivity index (χ0n) is 12.4. The first kappa shape index (κ1) is 14.2. The maximum Gasteiger partial charge on any atom is 0.341 e. The van der Waals surface area contributed by atoms with Crippen LogP contribution in [0.15, 0.2) is 17.1 Å². The fourth-order valence-corrected chi connectivity index (χ4v) is 3.23. The zero-order chi connectivity index (χ0) is 16.5. The second-order valence-electron chi connectivity index (χ2n) is 6.36. The largest absolute Gasteiger partial charge is 0.489 e. The molecule has 0 bridgehead atoms. The van der Waals surface area contributed by atoms with Gasteiger partial charge in [0, 0.05) is 14.6 Å². The highest BCUT2D eigenvalue weighted by Gasteiger charge is 2.46. The molecule has 6 nitrogen and oxygen atoms in total. The first-order valence-corrected chi connectivity index (χ1v) is 7.40. The Kier molecular flexibility index (Phi) is 2.67. The lowest BCUT2D eigenvalue weighted by atomic mass is 9.98. The fourth-order valence-electron chi connectivity index (χ4n) is 3.23.